The highest BCUT2D eigenvalue weighted by Gasteiger charge is 2.14. The Morgan fingerprint density at radius 1 is 0.581 bits per heavy atom. The van der Waals surface area contributed by atoms with Crippen LogP contribution in [0.5, 0.6) is 23.0 Å². The topological polar surface area (TPSA) is 69.9 Å². The van der Waals surface area contributed by atoms with Gasteiger partial charge in [-0.3, -0.25) is 0 Å². The smallest absolute Gasteiger partial charge is 0.122 e. The Kier molecular flexibility index (Phi) is 7.98. The molecule has 3 N–H and O–H groups in total. The lowest BCUT2D eigenvalue weighted by atomic mass is 9.94. The molecule has 0 fully saturated rings. The maximum Gasteiger partial charge on any atom is 0.122 e. The zero-order valence-electron chi connectivity index (χ0n) is 19.6. The Balaban J connectivity index is 0.00000166. The highest BCUT2D eigenvalue weighted by atomic mass is 16.5. The normalized spacial score (nSPS) is 10.4. The number of aromatic hydroxyl groups is 3. The molecule has 0 saturated carbocycles. The van der Waals surface area contributed by atoms with E-state index in [1.807, 2.05) is 77.9 Å². The van der Waals surface area contributed by atoms with E-state index in [0.717, 1.165) is 44.5 Å². The summed E-state index contributed by atoms with van der Waals surface area (Å²) in [5.74, 6) is 1.55. The molecule has 0 amide bonds. The minimum Gasteiger partial charge on any atom is -0.507 e. The van der Waals surface area contributed by atoms with E-state index in [1.165, 1.54) is 0 Å². The van der Waals surface area contributed by atoms with Gasteiger partial charge in [0.05, 0.1) is 7.11 Å². The maximum absolute atomic E-state index is 11.0. The van der Waals surface area contributed by atoms with Gasteiger partial charge in [0.2, 0.25) is 0 Å². The first kappa shape index (κ1) is 24.1. The predicted octanol–water partition coefficient (Wildman–Crippen LogP) is 6.25. The number of aryl methyl sites for hydroxylation is 4. The zero-order valence-corrected chi connectivity index (χ0v) is 19.6. The summed E-state index contributed by atoms with van der Waals surface area (Å²) in [4.78, 5) is 0. The van der Waals surface area contributed by atoms with Crippen LogP contribution in [0, 0.1) is 27.7 Å². The van der Waals surface area contributed by atoms with E-state index >= 15 is 0 Å². The van der Waals surface area contributed by atoms with Crippen LogP contribution in [0.2, 0.25) is 0 Å². The van der Waals surface area contributed by atoms with Crippen molar-refractivity contribution in [3.05, 3.63) is 80.9 Å². The number of rotatable bonds is 5. The van der Waals surface area contributed by atoms with E-state index in [4.69, 9.17) is 4.74 Å². The number of ether oxygens (including phenoxy) is 1. The molecule has 0 unspecified atom stereocenters. The van der Waals surface area contributed by atoms with Crippen LogP contribution < -0.4 is 4.74 Å². The van der Waals surface area contributed by atoms with Gasteiger partial charge in [-0.1, -0.05) is 38.1 Å². The Morgan fingerprint density at radius 2 is 0.903 bits per heavy atom. The Morgan fingerprint density at radius 3 is 1.19 bits per heavy atom. The van der Waals surface area contributed by atoms with Crippen molar-refractivity contribution in [1.29, 1.82) is 0 Å². The molecule has 0 radical (unpaired) electrons. The van der Waals surface area contributed by atoms with E-state index in [9.17, 15) is 15.3 Å². The van der Waals surface area contributed by atoms with Crippen LogP contribution in [0.3, 0.4) is 0 Å². The van der Waals surface area contributed by atoms with Crippen LogP contribution >= 0.6 is 0 Å². The van der Waals surface area contributed by atoms with Crippen molar-refractivity contribution in [3.8, 4) is 23.0 Å². The summed E-state index contributed by atoms with van der Waals surface area (Å²) < 4.78 is 5.47. The van der Waals surface area contributed by atoms with Gasteiger partial charge in [0.1, 0.15) is 23.0 Å². The van der Waals surface area contributed by atoms with Crippen molar-refractivity contribution < 1.29 is 20.1 Å². The van der Waals surface area contributed by atoms with Crippen molar-refractivity contribution in [3.63, 3.8) is 0 Å². The predicted molar refractivity (Wildman–Crippen MR) is 127 cm³/mol. The van der Waals surface area contributed by atoms with Gasteiger partial charge in [-0.15, -0.1) is 0 Å². The quantitative estimate of drug-likeness (QED) is 0.454. The number of benzene rings is 3. The number of phenolic OH excluding ortho intramolecular Hbond substituents is 3. The second-order valence-corrected chi connectivity index (χ2v) is 7.80. The first-order valence-corrected chi connectivity index (χ1v) is 10.7. The van der Waals surface area contributed by atoms with E-state index < -0.39 is 0 Å². The lowest BCUT2D eigenvalue weighted by Crippen LogP contribution is -1.98. The molecule has 0 aliphatic heterocycles. The average molecular weight is 423 g/mol. The second kappa shape index (κ2) is 10.3. The zero-order chi connectivity index (χ0) is 23.3. The average Bonchev–Trinajstić information content (AvgIpc) is 2.74. The lowest BCUT2D eigenvalue weighted by molar-refractivity contribution is 0.409. The van der Waals surface area contributed by atoms with Crippen molar-refractivity contribution in [1.82, 2.24) is 0 Å². The van der Waals surface area contributed by atoms with Gasteiger partial charge in [0, 0.05) is 24.0 Å². The Bertz CT molecular complexity index is 940. The minimum absolute atomic E-state index is 0.248. The summed E-state index contributed by atoms with van der Waals surface area (Å²) in [6, 6.07) is 11.5. The molecule has 0 aliphatic rings. The lowest BCUT2D eigenvalue weighted by Gasteiger charge is -2.15. The van der Waals surface area contributed by atoms with Crippen LogP contribution in [0.4, 0.5) is 0 Å². The van der Waals surface area contributed by atoms with Crippen molar-refractivity contribution in [2.45, 2.75) is 54.4 Å². The molecule has 3 rings (SSSR count). The highest BCUT2D eigenvalue weighted by Crippen LogP contribution is 2.34. The summed E-state index contributed by atoms with van der Waals surface area (Å²) in [5.41, 5.74) is 6.85. The third-order valence-electron chi connectivity index (χ3n) is 5.37. The molecule has 3 aromatic carbocycles. The monoisotopic (exact) mass is 422 g/mol. The van der Waals surface area contributed by atoms with Crippen molar-refractivity contribution >= 4 is 0 Å². The molecule has 0 aliphatic carbocycles. The Hall–Kier alpha value is -3.14. The first-order valence-electron chi connectivity index (χ1n) is 10.7. The van der Waals surface area contributed by atoms with Crippen LogP contribution in [-0.2, 0) is 12.8 Å². The second-order valence-electron chi connectivity index (χ2n) is 7.80. The van der Waals surface area contributed by atoms with Crippen molar-refractivity contribution in [2.24, 2.45) is 0 Å². The molecular weight excluding hydrogens is 388 g/mol. The Labute approximate surface area is 185 Å². The van der Waals surface area contributed by atoms with Crippen LogP contribution in [0.1, 0.15) is 58.4 Å². The standard InChI is InChI=1S/C25H28O4.C2H6/c1-14-6-18(7-15(2)23(14)26)10-20-12-22(29-5)13-21(25(20)28)11-19-8-16(3)24(27)17(4)9-19;1-2/h6-9,12-13,26-28H,10-11H2,1-5H3;1-2H3. The number of hydrogen-bond acceptors (Lipinski definition) is 4. The van der Waals surface area contributed by atoms with E-state index in [0.29, 0.717) is 30.1 Å². The maximum atomic E-state index is 11.0. The van der Waals surface area contributed by atoms with Crippen LogP contribution in [0.25, 0.3) is 0 Å². The summed E-state index contributed by atoms with van der Waals surface area (Å²) in [6.45, 7) is 11.5. The van der Waals surface area contributed by atoms with Gasteiger partial charge < -0.3 is 20.1 Å². The van der Waals surface area contributed by atoms with Gasteiger partial charge >= 0.3 is 0 Å². The first-order chi connectivity index (χ1) is 14.7. The third-order valence-corrected chi connectivity index (χ3v) is 5.37. The highest BCUT2D eigenvalue weighted by molar-refractivity contribution is 5.52. The summed E-state index contributed by atoms with van der Waals surface area (Å²) >= 11 is 0. The molecule has 4 nitrogen and oxygen atoms in total. The van der Waals surface area contributed by atoms with Gasteiger partial charge in [0.15, 0.2) is 0 Å². The summed E-state index contributed by atoms with van der Waals surface area (Å²) in [5, 5.41) is 31.0. The number of phenols is 3. The third kappa shape index (κ3) is 5.52. The summed E-state index contributed by atoms with van der Waals surface area (Å²) in [7, 11) is 1.61. The molecule has 0 bridgehead atoms. The van der Waals surface area contributed by atoms with Gasteiger partial charge in [0.25, 0.3) is 0 Å². The molecule has 31 heavy (non-hydrogen) atoms. The molecule has 0 heterocycles. The molecule has 0 aromatic heterocycles. The minimum atomic E-state index is 0.248. The van der Waals surface area contributed by atoms with Crippen molar-refractivity contribution in [2.75, 3.05) is 7.11 Å². The number of hydrogen-bond donors (Lipinski definition) is 3. The molecule has 3 aromatic rings. The molecule has 0 saturated heterocycles. The largest absolute Gasteiger partial charge is 0.507 e. The van der Waals surface area contributed by atoms with E-state index in [1.54, 1.807) is 7.11 Å². The van der Waals surface area contributed by atoms with Crippen LogP contribution in [0.15, 0.2) is 36.4 Å². The van der Waals surface area contributed by atoms with E-state index in [2.05, 4.69) is 0 Å². The fraction of sp³-hybridized carbons (Fsp3) is 0.333. The fourth-order valence-corrected chi connectivity index (χ4v) is 3.85. The molecule has 166 valence electrons. The molecule has 4 heteroatoms. The SMILES string of the molecule is CC.COc1cc(Cc2cc(C)c(O)c(C)c2)c(O)c(Cc2cc(C)c(O)c(C)c2)c1. The van der Waals surface area contributed by atoms with Gasteiger partial charge in [-0.05, 0) is 73.2 Å². The van der Waals surface area contributed by atoms with E-state index in [-0.39, 0.29) is 5.75 Å². The van der Waals surface area contributed by atoms with Crippen LogP contribution in [-0.4, -0.2) is 22.4 Å². The fourth-order valence-electron chi connectivity index (χ4n) is 3.85. The summed E-state index contributed by atoms with van der Waals surface area (Å²) in [6.07, 6.45) is 1.07. The molecule has 0 spiro atoms. The molecule has 0 atom stereocenters. The van der Waals surface area contributed by atoms with Gasteiger partial charge in [-0.2, -0.15) is 0 Å². The van der Waals surface area contributed by atoms with Gasteiger partial charge in [-0.25, -0.2) is 0 Å². The number of methoxy groups -OCH3 is 1. The molecular formula is C27H34O4.